The molecule has 0 spiro atoms. The van der Waals surface area contributed by atoms with Crippen molar-refractivity contribution in [1.82, 2.24) is 47.0 Å². The molecule has 12 atom stereocenters. The summed E-state index contributed by atoms with van der Waals surface area (Å²) < 4.78 is 0. The van der Waals surface area contributed by atoms with Crippen LogP contribution in [-0.4, -0.2) is 189 Å². The van der Waals surface area contributed by atoms with Crippen LogP contribution >= 0.6 is 0 Å². The molecule has 1 aromatic rings. The first-order valence-corrected chi connectivity index (χ1v) is 28.1. The number of carboxylic acid groups (broad SMARTS) is 1. The third-order valence-corrected chi connectivity index (χ3v) is 14.5. The molecule has 0 saturated carbocycles. The third kappa shape index (κ3) is 21.6. The smallest absolute Gasteiger partial charge is 0.326 e. The van der Waals surface area contributed by atoms with Gasteiger partial charge in [0.05, 0.1) is 19.1 Å². The van der Waals surface area contributed by atoms with Gasteiger partial charge in [0.1, 0.15) is 60.4 Å². The van der Waals surface area contributed by atoms with Crippen LogP contribution in [0, 0.1) is 11.8 Å². The summed E-state index contributed by atoms with van der Waals surface area (Å²) in [5.41, 5.74) is 23.2. The number of nitrogens with two attached hydrogens (primary N) is 4. The lowest BCUT2D eigenvalue weighted by Gasteiger charge is -2.32. The highest BCUT2D eigenvalue weighted by Gasteiger charge is 2.43. The van der Waals surface area contributed by atoms with E-state index in [0.717, 1.165) is 0 Å². The number of primary amides is 1. The van der Waals surface area contributed by atoms with Gasteiger partial charge in [-0.05, 0) is 108 Å². The van der Waals surface area contributed by atoms with Gasteiger partial charge in [0.2, 0.25) is 59.1 Å². The number of benzene rings is 1. The Morgan fingerprint density at radius 3 is 1.60 bits per heavy atom. The van der Waals surface area contributed by atoms with E-state index in [0.29, 0.717) is 63.6 Å². The maximum Gasteiger partial charge on any atom is 0.326 e. The number of hydrogen-bond acceptors (Lipinski definition) is 16. The van der Waals surface area contributed by atoms with Gasteiger partial charge in [-0.1, -0.05) is 64.4 Å². The second kappa shape index (κ2) is 34.5. The molecule has 3 rings (SSSR count). The number of carbonyl (C=O) groups excluding carboxylic acids is 10. The van der Waals surface area contributed by atoms with Crippen molar-refractivity contribution in [1.29, 1.82) is 0 Å². The maximum absolute atomic E-state index is 14.7. The number of hydrogen-bond donors (Lipinski definition) is 14. The third-order valence-electron chi connectivity index (χ3n) is 14.5. The van der Waals surface area contributed by atoms with E-state index in [4.69, 9.17) is 22.9 Å². The summed E-state index contributed by atoms with van der Waals surface area (Å²) in [5, 5.41) is 48.3. The van der Waals surface area contributed by atoms with E-state index in [-0.39, 0.29) is 57.5 Å². The maximum atomic E-state index is 14.7. The zero-order chi connectivity index (χ0) is 60.5. The summed E-state index contributed by atoms with van der Waals surface area (Å²) in [5.74, 6) is -10.2. The number of aliphatic hydroxyl groups is 2. The van der Waals surface area contributed by atoms with E-state index in [2.05, 4.69) is 37.2 Å². The van der Waals surface area contributed by atoms with Crippen molar-refractivity contribution in [2.75, 3.05) is 32.8 Å². The summed E-state index contributed by atoms with van der Waals surface area (Å²) in [7, 11) is 0. The van der Waals surface area contributed by atoms with Crippen LogP contribution in [0.15, 0.2) is 30.3 Å². The van der Waals surface area contributed by atoms with Crippen LogP contribution in [0.5, 0.6) is 0 Å². The van der Waals surface area contributed by atoms with Crippen LogP contribution < -0.4 is 60.2 Å². The standard InChI is InChI=1S/C54H89N13O14/c1-6-31(4)44(51(77)64-39(29-68)53(79)67-25-14-20-40(67)48(74)59-34(18-10-12-22-55)45(71)60-35(54(80)81)19-11-13-23-56)65-49(75)41-21-15-24-66(41)52(78)38(27-33-16-8-7-9-17-33)63-47(73)37(28-42(57)70)61-46(72)36(26-30(2)3)62-50(76)43(58)32(5)69/h7-9,16-17,30-32,34-41,43-44,68-69H,6,10-15,18-29,55-56,58H2,1-5H3,(H2,57,70)(H,59,74)(H,60,71)(H,61,72)(H,62,76)(H,63,73)(H,64,77)(H,65,75)(H,80,81)/t31-,32+,34-,35-,36-,37-,38-,39-,40-,41-,43-,44-/m0/s1. The van der Waals surface area contributed by atoms with E-state index >= 15 is 0 Å². The number of unbranched alkanes of at least 4 members (excludes halogenated alkanes) is 2. The number of nitrogens with one attached hydrogen (secondary N) is 7. The number of likely N-dealkylation sites (tertiary alicyclic amines) is 2. The second-order valence-corrected chi connectivity index (χ2v) is 21.5. The fourth-order valence-corrected chi connectivity index (χ4v) is 9.65. The van der Waals surface area contributed by atoms with Gasteiger partial charge >= 0.3 is 5.97 Å². The van der Waals surface area contributed by atoms with Gasteiger partial charge in [-0.2, -0.15) is 0 Å². The summed E-state index contributed by atoms with van der Waals surface area (Å²) in [6.07, 6.45) is 1.46. The lowest BCUT2D eigenvalue weighted by Crippen LogP contribution is -2.62. The average molecular weight is 1140 g/mol. The summed E-state index contributed by atoms with van der Waals surface area (Å²) in [4.78, 5) is 152. The molecule has 27 nitrogen and oxygen atoms in total. The molecular weight excluding hydrogens is 1050 g/mol. The van der Waals surface area contributed by atoms with Crippen molar-refractivity contribution in [3.8, 4) is 0 Å². The van der Waals surface area contributed by atoms with Crippen LogP contribution in [0.25, 0.3) is 0 Å². The monoisotopic (exact) mass is 1140 g/mol. The summed E-state index contributed by atoms with van der Waals surface area (Å²) >= 11 is 0. The van der Waals surface area contributed by atoms with E-state index in [1.165, 1.54) is 16.7 Å². The Kier molecular flexibility index (Phi) is 29.1. The number of carbonyl (C=O) groups is 11. The first kappa shape index (κ1) is 68.5. The van der Waals surface area contributed by atoms with Crippen molar-refractivity contribution in [3.05, 3.63) is 35.9 Å². The molecule has 2 aliphatic heterocycles. The zero-order valence-electron chi connectivity index (χ0n) is 47.4. The van der Waals surface area contributed by atoms with Gasteiger partial charge in [-0.15, -0.1) is 0 Å². The molecule has 10 amide bonds. The predicted molar refractivity (Wildman–Crippen MR) is 296 cm³/mol. The van der Waals surface area contributed by atoms with Crippen LogP contribution in [0.2, 0.25) is 0 Å². The van der Waals surface area contributed by atoms with E-state index in [1.807, 2.05) is 0 Å². The fraction of sp³-hybridized carbons (Fsp3) is 0.685. The number of amides is 10. The van der Waals surface area contributed by atoms with Crippen molar-refractivity contribution in [2.24, 2.45) is 34.8 Å². The van der Waals surface area contributed by atoms with Crippen molar-refractivity contribution < 1.29 is 68.1 Å². The first-order valence-electron chi connectivity index (χ1n) is 28.1. The van der Waals surface area contributed by atoms with E-state index in [1.54, 1.807) is 58.0 Å². The van der Waals surface area contributed by atoms with E-state index < -0.39 is 151 Å². The minimum atomic E-state index is -1.65. The molecule has 2 saturated heterocycles. The molecule has 0 bridgehead atoms. The molecule has 2 fully saturated rings. The number of aliphatic hydroxyl groups excluding tert-OH is 2. The Labute approximate surface area is 473 Å². The van der Waals surface area contributed by atoms with Gasteiger partial charge in [-0.3, -0.25) is 47.9 Å². The highest BCUT2D eigenvalue weighted by Crippen LogP contribution is 2.23. The summed E-state index contributed by atoms with van der Waals surface area (Å²) in [6, 6.07) is -4.74. The fourth-order valence-electron chi connectivity index (χ4n) is 9.65. The second-order valence-electron chi connectivity index (χ2n) is 21.5. The quantitative estimate of drug-likeness (QED) is 0.0295. The van der Waals surface area contributed by atoms with Crippen LogP contribution in [0.4, 0.5) is 0 Å². The lowest BCUT2D eigenvalue weighted by atomic mass is 9.97. The Morgan fingerprint density at radius 1 is 0.617 bits per heavy atom. The van der Waals surface area contributed by atoms with Crippen molar-refractivity contribution in [2.45, 2.75) is 191 Å². The molecule has 0 aliphatic carbocycles. The molecule has 27 heteroatoms. The van der Waals surface area contributed by atoms with Gasteiger partial charge in [0, 0.05) is 19.5 Å². The minimum Gasteiger partial charge on any atom is -0.480 e. The van der Waals surface area contributed by atoms with E-state index in [9.17, 15) is 68.1 Å². The molecule has 81 heavy (non-hydrogen) atoms. The molecular formula is C54H89N13O14. The molecule has 0 aromatic heterocycles. The number of rotatable bonds is 35. The van der Waals surface area contributed by atoms with Gasteiger partial charge < -0.3 is 85.3 Å². The average Bonchev–Trinajstić information content (AvgIpc) is 4.14. The topological polar surface area (TPSA) is 443 Å². The van der Waals surface area contributed by atoms with Crippen LogP contribution in [-0.2, 0) is 59.2 Å². The van der Waals surface area contributed by atoms with Gasteiger partial charge in [0.15, 0.2) is 0 Å². The largest absolute Gasteiger partial charge is 0.480 e. The first-order chi connectivity index (χ1) is 38.4. The number of nitrogens with zero attached hydrogens (tertiary/aromatic N) is 2. The number of carboxylic acids is 1. The van der Waals surface area contributed by atoms with Gasteiger partial charge in [0.25, 0.3) is 0 Å². The molecule has 2 heterocycles. The number of aliphatic carboxylic acids is 1. The minimum absolute atomic E-state index is 0.0494. The van der Waals surface area contributed by atoms with Crippen LogP contribution in [0.1, 0.15) is 124 Å². The Balaban J connectivity index is 1.84. The molecule has 18 N–H and O–H groups in total. The molecule has 0 unspecified atom stereocenters. The van der Waals surface area contributed by atoms with Crippen molar-refractivity contribution >= 4 is 65.0 Å². The molecule has 1 aromatic carbocycles. The molecule has 454 valence electrons. The SMILES string of the molecule is CC[C@H](C)[C@H](NC(=O)[C@@H]1CCCN1C(=O)[C@H](Cc1ccccc1)NC(=O)[C@H](CC(N)=O)NC(=O)[C@H](CC(C)C)NC(=O)[C@@H](N)[C@@H](C)O)C(=O)N[C@@H](CO)C(=O)N1CCC[C@H]1C(=O)N[C@@H](CCCCN)C(=O)N[C@@H](CCCCN)C(=O)O. The normalized spacial score (nSPS) is 18.8. The molecule has 0 radical (unpaired) electrons. The van der Waals surface area contributed by atoms with Crippen molar-refractivity contribution in [3.63, 3.8) is 0 Å². The summed E-state index contributed by atoms with van der Waals surface area (Å²) in [6.45, 7) is 8.12. The highest BCUT2D eigenvalue weighted by molar-refractivity contribution is 5.99. The lowest BCUT2D eigenvalue weighted by molar-refractivity contribution is -0.144. The zero-order valence-corrected chi connectivity index (χ0v) is 47.4. The predicted octanol–water partition coefficient (Wildman–Crippen LogP) is -3.38. The Bertz CT molecular complexity index is 2290. The van der Waals surface area contributed by atoms with Crippen LogP contribution in [0.3, 0.4) is 0 Å². The molecule has 2 aliphatic rings. The highest BCUT2D eigenvalue weighted by atomic mass is 16.4. The Hall–Kier alpha value is -6.81. The Morgan fingerprint density at radius 2 is 1.10 bits per heavy atom. The van der Waals surface area contributed by atoms with Gasteiger partial charge in [-0.25, -0.2) is 4.79 Å².